The van der Waals surface area contributed by atoms with Crippen LogP contribution in [0, 0.1) is 0 Å². The fraction of sp³-hybridized carbons (Fsp3) is 0.143. The van der Waals surface area contributed by atoms with Gasteiger partial charge in [-0.2, -0.15) is 5.21 Å². The average molecular weight is 267 g/mol. The first-order valence-corrected chi connectivity index (χ1v) is 6.28. The highest BCUT2D eigenvalue weighted by atomic mass is 16.1. The lowest BCUT2D eigenvalue weighted by atomic mass is 10.1. The second-order valence-corrected chi connectivity index (χ2v) is 4.46. The predicted molar refractivity (Wildman–Crippen MR) is 73.7 cm³/mol. The third-order valence-corrected chi connectivity index (χ3v) is 3.01. The lowest BCUT2D eigenvalue weighted by Crippen LogP contribution is -2.25. The Morgan fingerprint density at radius 1 is 1.15 bits per heavy atom. The summed E-state index contributed by atoms with van der Waals surface area (Å²) < 4.78 is 0. The number of carbonyl (C=O) groups is 1. The number of fused-ring (bicyclic) bond motifs is 1. The zero-order valence-electron chi connectivity index (χ0n) is 10.7. The molecule has 100 valence electrons. The number of tetrazole rings is 1. The van der Waals surface area contributed by atoms with Crippen molar-refractivity contribution in [2.24, 2.45) is 0 Å². The normalized spacial score (nSPS) is 10.6. The molecule has 6 heteroatoms. The van der Waals surface area contributed by atoms with Crippen molar-refractivity contribution < 1.29 is 4.79 Å². The summed E-state index contributed by atoms with van der Waals surface area (Å²) in [6.07, 6.45) is 0.336. The summed E-state index contributed by atoms with van der Waals surface area (Å²) in [5.41, 5.74) is 0.981. The predicted octanol–water partition coefficient (Wildman–Crippen LogP) is 1.21. The molecule has 1 amide bonds. The summed E-state index contributed by atoms with van der Waals surface area (Å²) in [6.45, 7) is 0.281. The highest BCUT2D eigenvalue weighted by Gasteiger charge is 2.05. The molecule has 0 aliphatic heterocycles. The average Bonchev–Trinajstić information content (AvgIpc) is 2.98. The molecule has 0 saturated carbocycles. The van der Waals surface area contributed by atoms with Crippen molar-refractivity contribution >= 4 is 16.7 Å². The van der Waals surface area contributed by atoms with Crippen molar-refractivity contribution in [3.63, 3.8) is 0 Å². The first-order valence-electron chi connectivity index (χ1n) is 6.28. The van der Waals surface area contributed by atoms with Gasteiger partial charge in [-0.05, 0) is 16.3 Å². The second-order valence-electron chi connectivity index (χ2n) is 4.46. The van der Waals surface area contributed by atoms with Crippen molar-refractivity contribution in [2.45, 2.75) is 13.0 Å². The Labute approximate surface area is 115 Å². The molecule has 0 fully saturated rings. The quantitative estimate of drug-likeness (QED) is 0.744. The van der Waals surface area contributed by atoms with Crippen LogP contribution < -0.4 is 5.32 Å². The molecule has 1 aromatic heterocycles. The number of nitrogens with one attached hydrogen (secondary N) is 2. The van der Waals surface area contributed by atoms with Crippen LogP contribution in [0.25, 0.3) is 10.8 Å². The summed E-state index contributed by atoms with van der Waals surface area (Å²) in [5.74, 6) is 0.405. The molecule has 0 unspecified atom stereocenters. The minimum absolute atomic E-state index is 0.0647. The molecule has 0 radical (unpaired) electrons. The smallest absolute Gasteiger partial charge is 0.224 e. The number of rotatable bonds is 4. The van der Waals surface area contributed by atoms with Crippen LogP contribution in [0.5, 0.6) is 0 Å². The summed E-state index contributed by atoms with van der Waals surface area (Å²) in [5, 5.41) is 18.4. The van der Waals surface area contributed by atoms with Crippen LogP contribution in [0.2, 0.25) is 0 Å². The molecular weight excluding hydrogens is 254 g/mol. The first-order chi connectivity index (χ1) is 9.81. The number of carbonyl (C=O) groups excluding carboxylic acids is 1. The largest absolute Gasteiger partial charge is 0.348 e. The number of benzene rings is 2. The van der Waals surface area contributed by atoms with E-state index in [1.54, 1.807) is 0 Å². The fourth-order valence-electron chi connectivity index (χ4n) is 2.03. The van der Waals surface area contributed by atoms with Crippen molar-refractivity contribution in [2.75, 3.05) is 0 Å². The minimum atomic E-state index is -0.0647. The zero-order chi connectivity index (χ0) is 13.8. The highest BCUT2D eigenvalue weighted by molar-refractivity contribution is 5.85. The molecule has 3 aromatic rings. The SMILES string of the molecule is O=C(Cc1ccc2ccccc2c1)NCc1nn[nH]n1. The molecule has 0 bridgehead atoms. The van der Waals surface area contributed by atoms with Crippen LogP contribution in [-0.2, 0) is 17.8 Å². The van der Waals surface area contributed by atoms with E-state index in [0.717, 1.165) is 10.9 Å². The van der Waals surface area contributed by atoms with Crippen LogP contribution in [0.3, 0.4) is 0 Å². The maximum atomic E-state index is 11.8. The van der Waals surface area contributed by atoms with E-state index in [0.29, 0.717) is 12.2 Å². The molecule has 2 aromatic carbocycles. The van der Waals surface area contributed by atoms with Gasteiger partial charge in [0.05, 0.1) is 13.0 Å². The van der Waals surface area contributed by atoms with Gasteiger partial charge >= 0.3 is 0 Å². The van der Waals surface area contributed by atoms with E-state index in [4.69, 9.17) is 0 Å². The van der Waals surface area contributed by atoms with Gasteiger partial charge in [-0.1, -0.05) is 47.7 Å². The Hall–Kier alpha value is -2.76. The molecule has 0 aliphatic carbocycles. The third kappa shape index (κ3) is 2.80. The van der Waals surface area contributed by atoms with E-state index in [9.17, 15) is 4.79 Å². The second kappa shape index (κ2) is 5.48. The maximum Gasteiger partial charge on any atom is 0.224 e. The van der Waals surface area contributed by atoms with E-state index in [1.807, 2.05) is 36.4 Å². The number of H-pyrrole nitrogens is 1. The Bertz CT molecular complexity index is 723. The topological polar surface area (TPSA) is 83.6 Å². The molecular formula is C14H13N5O. The summed E-state index contributed by atoms with van der Waals surface area (Å²) >= 11 is 0. The Kier molecular flexibility index (Phi) is 3.36. The number of aromatic nitrogens is 4. The van der Waals surface area contributed by atoms with E-state index in [2.05, 4.69) is 32.0 Å². The summed E-state index contributed by atoms with van der Waals surface area (Å²) in [4.78, 5) is 11.8. The highest BCUT2D eigenvalue weighted by Crippen LogP contribution is 2.15. The Morgan fingerprint density at radius 3 is 2.80 bits per heavy atom. The van der Waals surface area contributed by atoms with Crippen molar-refractivity contribution in [3.8, 4) is 0 Å². The van der Waals surface area contributed by atoms with Gasteiger partial charge in [0.15, 0.2) is 5.82 Å². The van der Waals surface area contributed by atoms with Crippen LogP contribution in [0.4, 0.5) is 0 Å². The van der Waals surface area contributed by atoms with Crippen LogP contribution in [0.1, 0.15) is 11.4 Å². The van der Waals surface area contributed by atoms with Gasteiger partial charge in [-0.3, -0.25) is 4.79 Å². The Morgan fingerprint density at radius 2 is 2.00 bits per heavy atom. The van der Waals surface area contributed by atoms with Gasteiger partial charge < -0.3 is 5.32 Å². The number of amides is 1. The van der Waals surface area contributed by atoms with Crippen molar-refractivity contribution in [1.29, 1.82) is 0 Å². The number of nitrogens with zero attached hydrogens (tertiary/aromatic N) is 3. The Balaban J connectivity index is 1.65. The van der Waals surface area contributed by atoms with Gasteiger partial charge in [0.2, 0.25) is 5.91 Å². The van der Waals surface area contributed by atoms with Gasteiger partial charge in [-0.25, -0.2) is 0 Å². The monoisotopic (exact) mass is 267 g/mol. The fourth-order valence-corrected chi connectivity index (χ4v) is 2.03. The van der Waals surface area contributed by atoms with Crippen LogP contribution in [0.15, 0.2) is 42.5 Å². The van der Waals surface area contributed by atoms with Crippen molar-refractivity contribution in [3.05, 3.63) is 53.9 Å². The molecule has 3 rings (SSSR count). The molecule has 2 N–H and O–H groups in total. The number of aromatic amines is 1. The first kappa shape index (κ1) is 12.3. The third-order valence-electron chi connectivity index (χ3n) is 3.01. The molecule has 0 aliphatic rings. The maximum absolute atomic E-state index is 11.8. The van der Waals surface area contributed by atoms with Gasteiger partial charge in [0, 0.05) is 0 Å². The van der Waals surface area contributed by atoms with Gasteiger partial charge in [0.1, 0.15) is 0 Å². The molecule has 20 heavy (non-hydrogen) atoms. The number of hydrogen-bond acceptors (Lipinski definition) is 4. The zero-order valence-corrected chi connectivity index (χ0v) is 10.7. The molecule has 0 saturated heterocycles. The minimum Gasteiger partial charge on any atom is -0.348 e. The standard InChI is InChI=1S/C14H13N5O/c20-14(15-9-13-16-18-19-17-13)8-10-5-6-11-3-1-2-4-12(11)7-10/h1-7H,8-9H2,(H,15,20)(H,16,17,18,19). The van der Waals surface area contributed by atoms with Gasteiger partial charge in [-0.15, -0.1) is 10.2 Å². The van der Waals surface area contributed by atoms with Crippen LogP contribution in [-0.4, -0.2) is 26.5 Å². The van der Waals surface area contributed by atoms with Gasteiger partial charge in [0.25, 0.3) is 0 Å². The summed E-state index contributed by atoms with van der Waals surface area (Å²) in [6, 6.07) is 14.1. The van der Waals surface area contributed by atoms with E-state index in [1.165, 1.54) is 5.39 Å². The molecule has 0 spiro atoms. The molecule has 0 atom stereocenters. The van der Waals surface area contributed by atoms with E-state index >= 15 is 0 Å². The van der Waals surface area contributed by atoms with Crippen molar-refractivity contribution in [1.82, 2.24) is 25.9 Å². The molecule has 6 nitrogen and oxygen atoms in total. The molecule has 1 heterocycles. The lowest BCUT2D eigenvalue weighted by molar-refractivity contribution is -0.120. The van der Waals surface area contributed by atoms with Crippen LogP contribution >= 0.6 is 0 Å². The van der Waals surface area contributed by atoms with E-state index < -0.39 is 0 Å². The summed E-state index contributed by atoms with van der Waals surface area (Å²) in [7, 11) is 0. The lowest BCUT2D eigenvalue weighted by Gasteiger charge is -2.04. The number of hydrogen-bond donors (Lipinski definition) is 2. The van der Waals surface area contributed by atoms with E-state index in [-0.39, 0.29) is 12.5 Å².